The highest BCUT2D eigenvalue weighted by atomic mass is 32.2. The molecule has 3 nitrogen and oxygen atoms in total. The Labute approximate surface area is 117 Å². The Morgan fingerprint density at radius 1 is 1.00 bits per heavy atom. The third-order valence-electron chi connectivity index (χ3n) is 2.60. The molecule has 4 heteroatoms. The third kappa shape index (κ3) is 6.73. The molecule has 0 bridgehead atoms. The van der Waals surface area contributed by atoms with Gasteiger partial charge in [0, 0.05) is 5.54 Å². The van der Waals surface area contributed by atoms with Crippen molar-refractivity contribution in [2.24, 2.45) is 5.41 Å². The molecule has 0 radical (unpaired) electrons. The van der Waals surface area contributed by atoms with Crippen molar-refractivity contribution in [2.75, 3.05) is 0 Å². The van der Waals surface area contributed by atoms with Gasteiger partial charge in [0.2, 0.25) is 10.0 Å². The lowest BCUT2D eigenvalue weighted by atomic mass is 9.82. The van der Waals surface area contributed by atoms with E-state index in [0.717, 1.165) is 12.0 Å². The molecule has 0 aromatic heterocycles. The summed E-state index contributed by atoms with van der Waals surface area (Å²) in [6.45, 7) is 10.2. The van der Waals surface area contributed by atoms with E-state index in [4.69, 9.17) is 0 Å². The van der Waals surface area contributed by atoms with Crippen LogP contribution in [0.15, 0.2) is 30.3 Å². The Hall–Kier alpha value is -0.870. The van der Waals surface area contributed by atoms with Crippen LogP contribution in [0.5, 0.6) is 0 Å². The second-order valence-electron chi connectivity index (χ2n) is 6.97. The summed E-state index contributed by atoms with van der Waals surface area (Å²) in [6, 6.07) is 9.25. The summed E-state index contributed by atoms with van der Waals surface area (Å²) in [6.07, 6.45) is 0.786. The van der Waals surface area contributed by atoms with Crippen LogP contribution in [-0.4, -0.2) is 14.0 Å². The van der Waals surface area contributed by atoms with Crippen LogP contribution in [0.1, 0.15) is 46.6 Å². The van der Waals surface area contributed by atoms with Gasteiger partial charge in [-0.1, -0.05) is 51.1 Å². The van der Waals surface area contributed by atoms with Gasteiger partial charge in [-0.3, -0.25) is 0 Å². The molecule has 0 aliphatic carbocycles. The smallest absolute Gasteiger partial charge is 0.212 e. The first-order valence-corrected chi connectivity index (χ1v) is 8.20. The van der Waals surface area contributed by atoms with E-state index < -0.39 is 15.6 Å². The van der Waals surface area contributed by atoms with Gasteiger partial charge in [-0.2, -0.15) is 0 Å². The van der Waals surface area contributed by atoms with Crippen molar-refractivity contribution in [3.8, 4) is 0 Å². The topological polar surface area (TPSA) is 46.2 Å². The van der Waals surface area contributed by atoms with Gasteiger partial charge >= 0.3 is 0 Å². The van der Waals surface area contributed by atoms with Crippen molar-refractivity contribution in [2.45, 2.75) is 52.3 Å². The summed E-state index contributed by atoms with van der Waals surface area (Å²) in [5.74, 6) is 0.0292. The predicted molar refractivity (Wildman–Crippen MR) is 80.4 cm³/mol. The van der Waals surface area contributed by atoms with E-state index in [2.05, 4.69) is 25.5 Å². The van der Waals surface area contributed by atoms with Crippen molar-refractivity contribution in [3.05, 3.63) is 35.9 Å². The molecule has 1 rings (SSSR count). The fourth-order valence-corrected chi connectivity index (χ4v) is 4.23. The van der Waals surface area contributed by atoms with E-state index in [9.17, 15) is 8.42 Å². The summed E-state index contributed by atoms with van der Waals surface area (Å²) in [7, 11) is -3.31. The maximum absolute atomic E-state index is 12.2. The zero-order chi connectivity index (χ0) is 14.7. The lowest BCUT2D eigenvalue weighted by molar-refractivity contribution is 0.269. The molecule has 0 unspecified atom stereocenters. The third-order valence-corrected chi connectivity index (χ3v) is 4.18. The molecule has 0 fully saturated rings. The molecule has 1 N–H and O–H groups in total. The number of rotatable bonds is 5. The average Bonchev–Trinajstić information content (AvgIpc) is 2.11. The Morgan fingerprint density at radius 3 is 2.00 bits per heavy atom. The normalized spacial score (nSPS) is 13.5. The highest BCUT2D eigenvalue weighted by Crippen LogP contribution is 2.27. The number of nitrogens with one attached hydrogen (secondary N) is 1. The minimum atomic E-state index is -3.31. The average molecular weight is 283 g/mol. The van der Waals surface area contributed by atoms with Gasteiger partial charge in [-0.05, 0) is 31.2 Å². The molecule has 1 aromatic carbocycles. The van der Waals surface area contributed by atoms with E-state index in [1.165, 1.54) is 0 Å². The summed E-state index contributed by atoms with van der Waals surface area (Å²) in [5, 5.41) is 0. The summed E-state index contributed by atoms with van der Waals surface area (Å²) < 4.78 is 27.2. The quantitative estimate of drug-likeness (QED) is 0.901. The summed E-state index contributed by atoms with van der Waals surface area (Å²) in [4.78, 5) is 0. The first-order valence-electron chi connectivity index (χ1n) is 6.55. The number of sulfonamides is 1. The van der Waals surface area contributed by atoms with Gasteiger partial charge in [0.25, 0.3) is 0 Å². The maximum atomic E-state index is 12.2. The Morgan fingerprint density at radius 2 is 1.53 bits per heavy atom. The maximum Gasteiger partial charge on any atom is 0.216 e. The van der Waals surface area contributed by atoms with Crippen LogP contribution in [-0.2, 0) is 15.8 Å². The van der Waals surface area contributed by atoms with Crippen molar-refractivity contribution in [3.63, 3.8) is 0 Å². The Bertz CT molecular complexity index is 499. The molecule has 0 heterocycles. The highest BCUT2D eigenvalue weighted by molar-refractivity contribution is 7.88. The molecule has 1 aromatic rings. The standard InChI is InChI=1S/C15H25NO2S/c1-14(2,3)12-15(4,5)16-19(17,18)11-13-9-7-6-8-10-13/h6-10,16H,11-12H2,1-5H3. The fourth-order valence-electron chi connectivity index (χ4n) is 2.61. The van der Waals surface area contributed by atoms with Crippen molar-refractivity contribution in [1.82, 2.24) is 4.72 Å². The monoisotopic (exact) mass is 283 g/mol. The first-order chi connectivity index (χ1) is 8.49. The summed E-state index contributed by atoms with van der Waals surface area (Å²) >= 11 is 0. The molecule has 0 atom stereocenters. The van der Waals surface area contributed by atoms with Gasteiger partial charge in [-0.25, -0.2) is 13.1 Å². The Balaban J connectivity index is 2.74. The minimum Gasteiger partial charge on any atom is -0.212 e. The number of benzene rings is 1. The van der Waals surface area contributed by atoms with E-state index in [0.29, 0.717) is 0 Å². The molecule has 0 saturated heterocycles. The van der Waals surface area contributed by atoms with Gasteiger partial charge in [0.05, 0.1) is 5.75 Å². The second kappa shape index (κ2) is 5.63. The van der Waals surface area contributed by atoms with Gasteiger partial charge < -0.3 is 0 Å². The van der Waals surface area contributed by atoms with E-state index >= 15 is 0 Å². The van der Waals surface area contributed by atoms with Gasteiger partial charge in [-0.15, -0.1) is 0 Å². The van der Waals surface area contributed by atoms with E-state index in [1.807, 2.05) is 44.2 Å². The number of hydrogen-bond acceptors (Lipinski definition) is 2. The van der Waals surface area contributed by atoms with Crippen LogP contribution in [0.25, 0.3) is 0 Å². The SMILES string of the molecule is CC(C)(C)CC(C)(C)NS(=O)(=O)Cc1ccccc1. The molecule has 108 valence electrons. The highest BCUT2D eigenvalue weighted by Gasteiger charge is 2.29. The lowest BCUT2D eigenvalue weighted by Gasteiger charge is -2.33. The second-order valence-corrected chi connectivity index (χ2v) is 8.69. The predicted octanol–water partition coefficient (Wildman–Crippen LogP) is 3.32. The van der Waals surface area contributed by atoms with Crippen molar-refractivity contribution >= 4 is 10.0 Å². The summed E-state index contributed by atoms with van der Waals surface area (Å²) in [5.41, 5.74) is 0.450. The van der Waals surface area contributed by atoms with Gasteiger partial charge in [0.15, 0.2) is 0 Å². The lowest BCUT2D eigenvalue weighted by Crippen LogP contribution is -2.46. The molecule has 19 heavy (non-hydrogen) atoms. The zero-order valence-corrected chi connectivity index (χ0v) is 13.3. The molecular weight excluding hydrogens is 258 g/mol. The van der Waals surface area contributed by atoms with Crippen LogP contribution in [0, 0.1) is 5.41 Å². The largest absolute Gasteiger partial charge is 0.216 e. The first kappa shape index (κ1) is 16.2. The van der Waals surface area contributed by atoms with E-state index in [-0.39, 0.29) is 11.2 Å². The molecule has 0 aliphatic heterocycles. The van der Waals surface area contributed by atoms with E-state index in [1.54, 1.807) is 0 Å². The van der Waals surface area contributed by atoms with Gasteiger partial charge in [0.1, 0.15) is 0 Å². The van der Waals surface area contributed by atoms with Crippen LogP contribution < -0.4 is 4.72 Å². The van der Waals surface area contributed by atoms with Crippen LogP contribution in [0.4, 0.5) is 0 Å². The van der Waals surface area contributed by atoms with Crippen molar-refractivity contribution < 1.29 is 8.42 Å². The number of hydrogen-bond donors (Lipinski definition) is 1. The minimum absolute atomic E-state index is 0.0292. The molecular formula is C15H25NO2S. The molecule has 0 aliphatic rings. The molecule has 0 amide bonds. The van der Waals surface area contributed by atoms with Crippen LogP contribution in [0.3, 0.4) is 0 Å². The van der Waals surface area contributed by atoms with Crippen molar-refractivity contribution in [1.29, 1.82) is 0 Å². The fraction of sp³-hybridized carbons (Fsp3) is 0.600. The van der Waals surface area contributed by atoms with Crippen LogP contribution in [0.2, 0.25) is 0 Å². The zero-order valence-electron chi connectivity index (χ0n) is 12.5. The molecule has 0 spiro atoms. The Kier molecular flexibility index (Phi) is 4.80. The molecule has 0 saturated carbocycles. The van der Waals surface area contributed by atoms with Crippen LogP contribution >= 0.6 is 0 Å².